The molecule has 30 heavy (non-hydrogen) atoms. The molecule has 2 fully saturated rings. The molecule has 0 spiro atoms. The molecule has 7 nitrogen and oxygen atoms in total. The van der Waals surface area contributed by atoms with E-state index >= 15 is 0 Å². The summed E-state index contributed by atoms with van der Waals surface area (Å²) in [6.07, 6.45) is 3.33. The van der Waals surface area contributed by atoms with Crippen LogP contribution in [-0.4, -0.2) is 85.4 Å². The van der Waals surface area contributed by atoms with Gasteiger partial charge >= 0.3 is 5.97 Å². The molecule has 0 aromatic heterocycles. The van der Waals surface area contributed by atoms with Gasteiger partial charge in [-0.25, -0.2) is 4.79 Å². The summed E-state index contributed by atoms with van der Waals surface area (Å²) in [5.74, 6) is 0.258. The molecule has 0 aliphatic carbocycles. The second-order valence-corrected chi connectivity index (χ2v) is 8.16. The number of carbonyl (C=O) groups excluding carboxylic acids is 3. The Bertz CT molecular complexity index is 751. The van der Waals surface area contributed by atoms with E-state index in [1.807, 2.05) is 9.80 Å². The summed E-state index contributed by atoms with van der Waals surface area (Å²) >= 11 is 0. The van der Waals surface area contributed by atoms with Crippen LogP contribution in [0.4, 0.5) is 0 Å². The third kappa shape index (κ3) is 5.59. The topological polar surface area (TPSA) is 70.2 Å². The Morgan fingerprint density at radius 2 is 1.63 bits per heavy atom. The van der Waals surface area contributed by atoms with E-state index in [-0.39, 0.29) is 11.8 Å². The molecule has 2 heterocycles. The minimum absolute atomic E-state index is 0.0518. The van der Waals surface area contributed by atoms with Crippen molar-refractivity contribution in [2.24, 2.45) is 5.92 Å². The van der Waals surface area contributed by atoms with Crippen LogP contribution < -0.4 is 0 Å². The number of piperazine rings is 1. The summed E-state index contributed by atoms with van der Waals surface area (Å²) in [4.78, 5) is 43.2. The smallest absolute Gasteiger partial charge is 0.337 e. The molecule has 0 bridgehead atoms. The Labute approximate surface area is 179 Å². The lowest BCUT2D eigenvalue weighted by Gasteiger charge is -2.35. The zero-order chi connectivity index (χ0) is 21.5. The molecule has 2 amide bonds. The predicted octanol–water partition coefficient (Wildman–Crippen LogP) is 2.27. The van der Waals surface area contributed by atoms with Crippen LogP contribution in [0.2, 0.25) is 0 Å². The van der Waals surface area contributed by atoms with Crippen molar-refractivity contribution in [3.8, 4) is 0 Å². The standard InChI is InChI=1S/C23H33N3O4/c1-3-24-13-15-25(16-14-24)21(27)8-7-18-9-11-26(12-10-18)22(28)19-5-4-6-20(17-19)23(29)30-2/h4-6,17-18H,3,7-16H2,1-2H3. The van der Waals surface area contributed by atoms with Crippen LogP contribution in [0.15, 0.2) is 24.3 Å². The minimum atomic E-state index is -0.441. The Morgan fingerprint density at radius 1 is 0.967 bits per heavy atom. The van der Waals surface area contributed by atoms with Crippen LogP contribution in [0.3, 0.4) is 0 Å². The van der Waals surface area contributed by atoms with E-state index in [1.165, 1.54) is 7.11 Å². The number of piperidine rings is 1. The van der Waals surface area contributed by atoms with Gasteiger partial charge in [0.25, 0.3) is 5.91 Å². The lowest BCUT2D eigenvalue weighted by molar-refractivity contribution is -0.133. The molecule has 2 saturated heterocycles. The molecular formula is C23H33N3O4. The van der Waals surface area contributed by atoms with Crippen LogP contribution in [0, 0.1) is 5.92 Å². The largest absolute Gasteiger partial charge is 0.465 e. The average molecular weight is 416 g/mol. The van der Waals surface area contributed by atoms with Crippen molar-refractivity contribution in [1.82, 2.24) is 14.7 Å². The Hall–Kier alpha value is -2.41. The monoisotopic (exact) mass is 415 g/mol. The summed E-state index contributed by atoms with van der Waals surface area (Å²) in [6, 6.07) is 6.68. The van der Waals surface area contributed by atoms with Gasteiger partial charge in [-0.1, -0.05) is 13.0 Å². The van der Waals surface area contributed by atoms with Crippen molar-refractivity contribution in [3.05, 3.63) is 35.4 Å². The van der Waals surface area contributed by atoms with Gasteiger partial charge in [-0.2, -0.15) is 0 Å². The van der Waals surface area contributed by atoms with Gasteiger partial charge in [0.15, 0.2) is 0 Å². The number of hydrogen-bond acceptors (Lipinski definition) is 5. The molecule has 0 atom stereocenters. The molecule has 0 unspecified atom stereocenters. The highest BCUT2D eigenvalue weighted by Gasteiger charge is 2.26. The van der Waals surface area contributed by atoms with Crippen LogP contribution in [0.5, 0.6) is 0 Å². The molecule has 2 aliphatic heterocycles. The fourth-order valence-electron chi connectivity index (χ4n) is 4.30. The Balaban J connectivity index is 1.43. The molecular weight excluding hydrogens is 382 g/mol. The van der Waals surface area contributed by atoms with E-state index in [2.05, 4.69) is 11.8 Å². The Kier molecular flexibility index (Phi) is 7.85. The summed E-state index contributed by atoms with van der Waals surface area (Å²) in [5.41, 5.74) is 0.897. The third-order valence-electron chi connectivity index (χ3n) is 6.37. The fourth-order valence-corrected chi connectivity index (χ4v) is 4.30. The third-order valence-corrected chi connectivity index (χ3v) is 6.37. The second kappa shape index (κ2) is 10.6. The van der Waals surface area contributed by atoms with Crippen LogP contribution >= 0.6 is 0 Å². The number of likely N-dealkylation sites (N-methyl/N-ethyl adjacent to an activating group) is 1. The first-order valence-corrected chi connectivity index (χ1v) is 11.0. The van der Waals surface area contributed by atoms with Crippen molar-refractivity contribution < 1.29 is 19.1 Å². The minimum Gasteiger partial charge on any atom is -0.465 e. The zero-order valence-corrected chi connectivity index (χ0v) is 18.1. The first kappa shape index (κ1) is 22.3. The van der Waals surface area contributed by atoms with E-state index in [0.717, 1.165) is 52.0 Å². The van der Waals surface area contributed by atoms with E-state index in [9.17, 15) is 14.4 Å². The number of nitrogens with zero attached hydrogens (tertiary/aromatic N) is 3. The number of esters is 1. The molecule has 0 radical (unpaired) electrons. The van der Waals surface area contributed by atoms with Gasteiger partial charge in [0.1, 0.15) is 0 Å². The maximum absolute atomic E-state index is 12.8. The number of likely N-dealkylation sites (tertiary alicyclic amines) is 1. The summed E-state index contributed by atoms with van der Waals surface area (Å²) in [6.45, 7) is 8.20. The Morgan fingerprint density at radius 3 is 2.27 bits per heavy atom. The SMILES string of the molecule is CCN1CCN(C(=O)CCC2CCN(C(=O)c3cccc(C(=O)OC)c3)CC2)CC1. The molecule has 3 rings (SSSR count). The van der Waals surface area contributed by atoms with E-state index in [4.69, 9.17) is 4.74 Å². The average Bonchev–Trinajstić information content (AvgIpc) is 2.82. The van der Waals surface area contributed by atoms with Gasteiger partial charge in [-0.3, -0.25) is 9.59 Å². The lowest BCUT2D eigenvalue weighted by Crippen LogP contribution is -2.48. The number of amides is 2. The number of hydrogen-bond donors (Lipinski definition) is 0. The van der Waals surface area contributed by atoms with Gasteiger partial charge in [0.05, 0.1) is 12.7 Å². The van der Waals surface area contributed by atoms with E-state index < -0.39 is 5.97 Å². The summed E-state index contributed by atoms with van der Waals surface area (Å²) in [7, 11) is 1.33. The maximum Gasteiger partial charge on any atom is 0.337 e. The van der Waals surface area contributed by atoms with E-state index in [0.29, 0.717) is 36.6 Å². The quantitative estimate of drug-likeness (QED) is 0.667. The maximum atomic E-state index is 12.8. The van der Waals surface area contributed by atoms with Gasteiger partial charge in [-0.15, -0.1) is 0 Å². The highest BCUT2D eigenvalue weighted by molar-refractivity contribution is 5.98. The molecule has 0 N–H and O–H groups in total. The molecule has 164 valence electrons. The fraction of sp³-hybridized carbons (Fsp3) is 0.609. The van der Waals surface area contributed by atoms with Gasteiger partial charge < -0.3 is 19.4 Å². The van der Waals surface area contributed by atoms with Crippen molar-refractivity contribution in [1.29, 1.82) is 0 Å². The second-order valence-electron chi connectivity index (χ2n) is 8.16. The van der Waals surface area contributed by atoms with Gasteiger partial charge in [0, 0.05) is 51.3 Å². The molecule has 2 aliphatic rings. The summed E-state index contributed by atoms with van der Waals surface area (Å²) in [5, 5.41) is 0. The zero-order valence-electron chi connectivity index (χ0n) is 18.1. The number of benzene rings is 1. The van der Waals surface area contributed by atoms with Crippen LogP contribution in [0.1, 0.15) is 53.3 Å². The molecule has 1 aromatic carbocycles. The lowest BCUT2D eigenvalue weighted by atomic mass is 9.91. The first-order chi connectivity index (χ1) is 14.5. The predicted molar refractivity (Wildman–Crippen MR) is 114 cm³/mol. The number of carbonyl (C=O) groups is 3. The number of rotatable bonds is 6. The number of ether oxygens (including phenoxy) is 1. The van der Waals surface area contributed by atoms with Crippen LogP contribution in [0.25, 0.3) is 0 Å². The van der Waals surface area contributed by atoms with Crippen molar-refractivity contribution in [2.75, 3.05) is 52.9 Å². The molecule has 1 aromatic rings. The van der Waals surface area contributed by atoms with Crippen molar-refractivity contribution in [2.45, 2.75) is 32.6 Å². The van der Waals surface area contributed by atoms with Gasteiger partial charge in [0.2, 0.25) is 5.91 Å². The first-order valence-electron chi connectivity index (χ1n) is 11.0. The van der Waals surface area contributed by atoms with E-state index in [1.54, 1.807) is 24.3 Å². The highest BCUT2D eigenvalue weighted by atomic mass is 16.5. The van der Waals surface area contributed by atoms with Crippen molar-refractivity contribution in [3.63, 3.8) is 0 Å². The normalized spacial score (nSPS) is 18.3. The highest BCUT2D eigenvalue weighted by Crippen LogP contribution is 2.24. The molecule has 7 heteroatoms. The van der Waals surface area contributed by atoms with Crippen LogP contribution in [-0.2, 0) is 9.53 Å². The summed E-state index contributed by atoms with van der Waals surface area (Å²) < 4.78 is 4.73. The number of methoxy groups -OCH3 is 1. The van der Waals surface area contributed by atoms with Gasteiger partial charge in [-0.05, 0) is 49.9 Å². The molecule has 0 saturated carbocycles. The van der Waals surface area contributed by atoms with Crippen molar-refractivity contribution >= 4 is 17.8 Å².